The van der Waals surface area contributed by atoms with E-state index < -0.39 is 33.1 Å². The molecule has 0 unspecified atom stereocenters. The number of hydrogen-bond donors (Lipinski definition) is 2. The first-order valence-electron chi connectivity index (χ1n) is 12.9. The van der Waals surface area contributed by atoms with Gasteiger partial charge < -0.3 is 15.4 Å². The smallest absolute Gasteiger partial charge is 0.240 e. The van der Waals surface area contributed by atoms with Gasteiger partial charge in [0.25, 0.3) is 0 Å². The number of amides is 3. The van der Waals surface area contributed by atoms with Gasteiger partial charge in [-0.05, 0) is 50.9 Å². The molecule has 3 amide bonds. The normalized spacial score (nSPS) is 15.6. The summed E-state index contributed by atoms with van der Waals surface area (Å²) in [6.45, 7) is 4.66. The predicted octanol–water partition coefficient (Wildman–Crippen LogP) is 3.04. The fraction of sp³-hybridized carbons (Fsp3) is 0.800. The highest BCUT2D eigenvalue weighted by molar-refractivity contribution is 7.90. The molecule has 1 rings (SSSR count). The summed E-state index contributed by atoms with van der Waals surface area (Å²) in [4.78, 5) is 38.2. The van der Waals surface area contributed by atoms with Gasteiger partial charge in [-0.15, -0.1) is 0 Å². The Balaban J connectivity index is 2.31. The first-order chi connectivity index (χ1) is 16.7. The quantitative estimate of drug-likeness (QED) is 0.189. The van der Waals surface area contributed by atoms with E-state index in [0.717, 1.165) is 44.9 Å². The molecule has 0 saturated heterocycles. The number of nitrogens with zero attached hydrogens (tertiary/aromatic N) is 1. The van der Waals surface area contributed by atoms with Crippen molar-refractivity contribution in [2.45, 2.75) is 102 Å². The lowest BCUT2D eigenvalue weighted by molar-refractivity contribution is -0.140. The minimum absolute atomic E-state index is 0.0152. The van der Waals surface area contributed by atoms with E-state index >= 15 is 0 Å². The van der Waals surface area contributed by atoms with Gasteiger partial charge in [0.05, 0.1) is 11.9 Å². The Labute approximate surface area is 211 Å². The van der Waals surface area contributed by atoms with E-state index in [9.17, 15) is 22.8 Å². The molecule has 0 aromatic heterocycles. The summed E-state index contributed by atoms with van der Waals surface area (Å²) in [5, 5.41) is -0.397. The van der Waals surface area contributed by atoms with Crippen molar-refractivity contribution >= 4 is 27.7 Å². The fourth-order valence-electron chi connectivity index (χ4n) is 3.94. The molecule has 10 heteroatoms. The average Bonchev–Trinajstić information content (AvgIpc) is 3.65. The topological polar surface area (TPSA) is 136 Å². The Hall–Kier alpha value is -1.94. The number of sulfonamides is 1. The minimum atomic E-state index is -3.49. The first-order valence-corrected chi connectivity index (χ1v) is 14.5. The van der Waals surface area contributed by atoms with Crippen LogP contribution in [-0.4, -0.2) is 62.6 Å². The standard InChI is InChI=1S/C25H45N3O6S/c1-4-12-22(25(26)31)28(17-18-34-3)24(30)14-11-9-7-6-8-10-13-20(5-2)19-23(29)27-35(32,33)21-15-16-21/h10,13,20-22H,4-9,11-12,14-19H2,1-3H3,(H2,26,31)(H,27,29)/b13-10-/t20-,22-/m0/s1. The second-order valence-corrected chi connectivity index (χ2v) is 11.3. The highest BCUT2D eigenvalue weighted by atomic mass is 32.2. The van der Waals surface area contributed by atoms with Crippen LogP contribution in [0.4, 0.5) is 0 Å². The maximum absolute atomic E-state index is 12.7. The van der Waals surface area contributed by atoms with Crippen molar-refractivity contribution in [3.63, 3.8) is 0 Å². The Morgan fingerprint density at radius 3 is 2.40 bits per heavy atom. The Bertz CT molecular complexity index is 795. The van der Waals surface area contributed by atoms with Crippen molar-refractivity contribution in [3.8, 4) is 0 Å². The highest BCUT2D eigenvalue weighted by Gasteiger charge is 2.36. The molecule has 1 saturated carbocycles. The van der Waals surface area contributed by atoms with E-state index in [1.54, 1.807) is 12.0 Å². The van der Waals surface area contributed by atoms with Crippen LogP contribution in [0.5, 0.6) is 0 Å². The molecule has 0 aliphatic heterocycles. The summed E-state index contributed by atoms with van der Waals surface area (Å²) >= 11 is 0. The number of methoxy groups -OCH3 is 1. The maximum atomic E-state index is 12.7. The zero-order valence-corrected chi connectivity index (χ0v) is 22.5. The van der Waals surface area contributed by atoms with E-state index in [0.29, 0.717) is 38.8 Å². The van der Waals surface area contributed by atoms with E-state index in [4.69, 9.17) is 10.5 Å². The maximum Gasteiger partial charge on any atom is 0.240 e. The summed E-state index contributed by atoms with van der Waals surface area (Å²) in [6, 6.07) is -0.588. The molecule has 2 atom stereocenters. The molecule has 0 aromatic carbocycles. The molecule has 202 valence electrons. The number of ether oxygens (including phenoxy) is 1. The molecule has 1 aliphatic carbocycles. The highest BCUT2D eigenvalue weighted by Crippen LogP contribution is 2.27. The third kappa shape index (κ3) is 12.5. The van der Waals surface area contributed by atoms with Crippen LogP contribution in [0.2, 0.25) is 0 Å². The van der Waals surface area contributed by atoms with Crippen molar-refractivity contribution in [1.29, 1.82) is 0 Å². The SMILES string of the molecule is CCC[C@@H](C(N)=O)N(CCOC)C(=O)CCCCCC/C=C\[C@H](CC)CC(=O)NS(=O)(=O)C1CC1. The van der Waals surface area contributed by atoms with Gasteiger partial charge in [-0.3, -0.25) is 19.1 Å². The molecule has 1 aliphatic rings. The van der Waals surface area contributed by atoms with Crippen molar-refractivity contribution in [3.05, 3.63) is 12.2 Å². The number of carbonyl (C=O) groups is 3. The van der Waals surface area contributed by atoms with Gasteiger partial charge in [0.1, 0.15) is 6.04 Å². The Morgan fingerprint density at radius 1 is 1.14 bits per heavy atom. The number of nitrogens with one attached hydrogen (secondary N) is 1. The minimum Gasteiger partial charge on any atom is -0.383 e. The van der Waals surface area contributed by atoms with E-state index in [1.807, 2.05) is 19.9 Å². The van der Waals surface area contributed by atoms with Gasteiger partial charge in [0.2, 0.25) is 27.7 Å². The molecular weight excluding hydrogens is 470 g/mol. The molecule has 35 heavy (non-hydrogen) atoms. The molecule has 0 heterocycles. The molecule has 0 bridgehead atoms. The fourth-order valence-corrected chi connectivity index (χ4v) is 5.27. The van der Waals surface area contributed by atoms with Crippen LogP contribution in [-0.2, 0) is 29.1 Å². The van der Waals surface area contributed by atoms with Crippen molar-refractivity contribution in [2.24, 2.45) is 11.7 Å². The van der Waals surface area contributed by atoms with Crippen LogP contribution in [0.15, 0.2) is 12.2 Å². The number of hydrogen-bond acceptors (Lipinski definition) is 6. The Kier molecular flexibility index (Phi) is 14.8. The van der Waals surface area contributed by atoms with Gasteiger partial charge in [-0.1, -0.05) is 45.3 Å². The third-order valence-corrected chi connectivity index (χ3v) is 8.10. The third-order valence-electron chi connectivity index (χ3n) is 6.23. The van der Waals surface area contributed by atoms with Crippen LogP contribution < -0.4 is 10.5 Å². The number of nitrogens with two attached hydrogens (primary N) is 1. The second kappa shape index (κ2) is 16.7. The number of rotatable bonds is 20. The zero-order valence-electron chi connectivity index (χ0n) is 21.7. The lowest BCUT2D eigenvalue weighted by Gasteiger charge is -2.29. The number of unbranched alkanes of at least 4 members (excludes halogenated alkanes) is 4. The van der Waals surface area contributed by atoms with Gasteiger partial charge in [-0.25, -0.2) is 8.42 Å². The summed E-state index contributed by atoms with van der Waals surface area (Å²) in [5.41, 5.74) is 5.53. The summed E-state index contributed by atoms with van der Waals surface area (Å²) in [6.07, 6.45) is 12.4. The average molecular weight is 516 g/mol. The molecule has 9 nitrogen and oxygen atoms in total. The predicted molar refractivity (Wildman–Crippen MR) is 137 cm³/mol. The van der Waals surface area contributed by atoms with Gasteiger partial charge in [0.15, 0.2) is 0 Å². The van der Waals surface area contributed by atoms with Crippen LogP contribution in [0.3, 0.4) is 0 Å². The van der Waals surface area contributed by atoms with Gasteiger partial charge in [-0.2, -0.15) is 0 Å². The van der Waals surface area contributed by atoms with Crippen molar-refractivity contribution in [1.82, 2.24) is 9.62 Å². The largest absolute Gasteiger partial charge is 0.383 e. The second-order valence-electron chi connectivity index (χ2n) is 9.31. The van der Waals surface area contributed by atoms with Crippen molar-refractivity contribution < 1.29 is 27.5 Å². The van der Waals surface area contributed by atoms with Gasteiger partial charge in [0, 0.05) is 26.5 Å². The molecule has 0 radical (unpaired) electrons. The van der Waals surface area contributed by atoms with E-state index in [2.05, 4.69) is 10.8 Å². The molecule has 0 aromatic rings. The first kappa shape index (κ1) is 31.1. The lowest BCUT2D eigenvalue weighted by Crippen LogP contribution is -2.49. The lowest BCUT2D eigenvalue weighted by atomic mass is 10.0. The van der Waals surface area contributed by atoms with Crippen LogP contribution in [0.1, 0.15) is 90.9 Å². The summed E-state index contributed by atoms with van der Waals surface area (Å²) in [5.74, 6) is -0.959. The van der Waals surface area contributed by atoms with Crippen LogP contribution >= 0.6 is 0 Å². The zero-order chi connectivity index (χ0) is 26.3. The van der Waals surface area contributed by atoms with Crippen LogP contribution in [0.25, 0.3) is 0 Å². The molecule has 3 N–H and O–H groups in total. The van der Waals surface area contributed by atoms with E-state index in [1.165, 1.54) is 0 Å². The molecule has 1 fully saturated rings. The number of carbonyl (C=O) groups excluding carboxylic acids is 3. The van der Waals surface area contributed by atoms with Gasteiger partial charge >= 0.3 is 0 Å². The monoisotopic (exact) mass is 515 g/mol. The number of allylic oxidation sites excluding steroid dienone is 2. The van der Waals surface area contributed by atoms with Crippen LogP contribution in [0, 0.1) is 5.92 Å². The van der Waals surface area contributed by atoms with Crippen molar-refractivity contribution in [2.75, 3.05) is 20.3 Å². The van der Waals surface area contributed by atoms with E-state index in [-0.39, 0.29) is 18.2 Å². The molecule has 0 spiro atoms. The summed E-state index contributed by atoms with van der Waals surface area (Å²) in [7, 11) is -1.92. The molecular formula is C25H45N3O6S. The number of primary amides is 1. The summed E-state index contributed by atoms with van der Waals surface area (Å²) < 4.78 is 31.0. The Morgan fingerprint density at radius 2 is 1.83 bits per heavy atom.